The molecule has 3 rings (SSSR count). The highest BCUT2D eigenvalue weighted by Crippen LogP contribution is 2.21. The van der Waals surface area contributed by atoms with E-state index in [0.717, 1.165) is 0 Å². The molecule has 1 N–H and O–H groups in total. The molecule has 1 heterocycles. The SMILES string of the molecule is Cc1nc2ccc(C(=O)O)cc2n1CS(=O)(=O)c1ccccc1. The predicted molar refractivity (Wildman–Crippen MR) is 85.1 cm³/mol. The topological polar surface area (TPSA) is 89.3 Å². The third-order valence-corrected chi connectivity index (χ3v) is 5.18. The van der Waals surface area contributed by atoms with Crippen molar-refractivity contribution in [2.75, 3.05) is 0 Å². The fraction of sp³-hybridized carbons (Fsp3) is 0.125. The molecule has 6 nitrogen and oxygen atoms in total. The molecule has 0 saturated carbocycles. The molecule has 0 aliphatic heterocycles. The Morgan fingerprint density at radius 2 is 1.87 bits per heavy atom. The second-order valence-electron chi connectivity index (χ2n) is 5.15. The van der Waals surface area contributed by atoms with Gasteiger partial charge in [-0.05, 0) is 37.3 Å². The number of nitrogens with zero attached hydrogens (tertiary/aromatic N) is 2. The molecule has 0 fully saturated rings. The van der Waals surface area contributed by atoms with Crippen LogP contribution in [0.4, 0.5) is 0 Å². The maximum absolute atomic E-state index is 12.5. The zero-order valence-corrected chi connectivity index (χ0v) is 13.1. The Balaban J connectivity index is 2.11. The normalized spacial score (nSPS) is 11.7. The number of aromatic nitrogens is 2. The van der Waals surface area contributed by atoms with Gasteiger partial charge in [-0.25, -0.2) is 18.2 Å². The first-order chi connectivity index (χ1) is 10.9. The van der Waals surface area contributed by atoms with Crippen molar-refractivity contribution in [1.82, 2.24) is 9.55 Å². The highest BCUT2D eigenvalue weighted by molar-refractivity contribution is 7.90. The lowest BCUT2D eigenvalue weighted by atomic mass is 10.2. The molecule has 0 spiro atoms. The summed E-state index contributed by atoms with van der Waals surface area (Å²) in [5.74, 6) is -0.840. The number of hydrogen-bond acceptors (Lipinski definition) is 4. The third kappa shape index (κ3) is 2.83. The van der Waals surface area contributed by atoms with E-state index in [4.69, 9.17) is 5.11 Å². The van der Waals surface area contributed by atoms with Gasteiger partial charge in [-0.1, -0.05) is 18.2 Å². The summed E-state index contributed by atoms with van der Waals surface area (Å²) in [7, 11) is -3.55. The van der Waals surface area contributed by atoms with Crippen molar-refractivity contribution in [3.8, 4) is 0 Å². The zero-order valence-electron chi connectivity index (χ0n) is 12.3. The Labute approximate surface area is 132 Å². The molecule has 1 aromatic heterocycles. The quantitative estimate of drug-likeness (QED) is 0.794. The lowest BCUT2D eigenvalue weighted by molar-refractivity contribution is 0.0697. The summed E-state index contributed by atoms with van der Waals surface area (Å²) in [6.45, 7) is 1.70. The number of aryl methyl sites for hydroxylation is 1. The van der Waals surface area contributed by atoms with Crippen molar-refractivity contribution >= 4 is 26.8 Å². The molecule has 0 unspecified atom stereocenters. The molecule has 118 valence electrons. The van der Waals surface area contributed by atoms with E-state index in [0.29, 0.717) is 16.9 Å². The van der Waals surface area contributed by atoms with Gasteiger partial charge in [-0.3, -0.25) is 0 Å². The van der Waals surface area contributed by atoms with Gasteiger partial charge in [0.25, 0.3) is 0 Å². The van der Waals surface area contributed by atoms with Crippen LogP contribution in [0.5, 0.6) is 0 Å². The Morgan fingerprint density at radius 1 is 1.17 bits per heavy atom. The molecule has 0 saturated heterocycles. The Bertz CT molecular complexity index is 992. The van der Waals surface area contributed by atoms with E-state index in [1.165, 1.54) is 28.8 Å². The monoisotopic (exact) mass is 330 g/mol. The maximum atomic E-state index is 12.5. The number of hydrogen-bond donors (Lipinski definition) is 1. The molecule has 0 bridgehead atoms. The van der Waals surface area contributed by atoms with Gasteiger partial charge in [0, 0.05) is 0 Å². The number of aromatic carboxylic acids is 1. The summed E-state index contributed by atoms with van der Waals surface area (Å²) in [5, 5.41) is 9.10. The summed E-state index contributed by atoms with van der Waals surface area (Å²) in [6, 6.07) is 12.6. The van der Waals surface area contributed by atoms with Crippen LogP contribution in [0.2, 0.25) is 0 Å². The average Bonchev–Trinajstić information content (AvgIpc) is 2.83. The van der Waals surface area contributed by atoms with Crippen LogP contribution in [0.15, 0.2) is 53.4 Å². The number of carboxylic acid groups (broad SMARTS) is 1. The molecule has 3 aromatic rings. The molecular weight excluding hydrogens is 316 g/mol. The number of rotatable bonds is 4. The van der Waals surface area contributed by atoms with Crippen molar-refractivity contribution in [3.05, 3.63) is 59.9 Å². The Morgan fingerprint density at radius 3 is 2.52 bits per heavy atom. The second kappa shape index (κ2) is 5.51. The van der Waals surface area contributed by atoms with Crippen molar-refractivity contribution < 1.29 is 18.3 Å². The summed E-state index contributed by atoms with van der Waals surface area (Å²) >= 11 is 0. The third-order valence-electron chi connectivity index (χ3n) is 3.59. The predicted octanol–water partition coefficient (Wildman–Crippen LogP) is 2.47. The molecule has 0 aliphatic rings. The van der Waals surface area contributed by atoms with Crippen LogP contribution >= 0.6 is 0 Å². The number of carbonyl (C=O) groups is 1. The molecule has 7 heteroatoms. The van der Waals surface area contributed by atoms with E-state index >= 15 is 0 Å². The van der Waals surface area contributed by atoms with Gasteiger partial charge in [-0.2, -0.15) is 0 Å². The smallest absolute Gasteiger partial charge is 0.335 e. The molecule has 2 aromatic carbocycles. The molecule has 0 amide bonds. The van der Waals surface area contributed by atoms with E-state index in [9.17, 15) is 13.2 Å². The lowest BCUT2D eigenvalue weighted by Crippen LogP contribution is -2.12. The molecule has 0 radical (unpaired) electrons. The standard InChI is InChI=1S/C16H14N2O4S/c1-11-17-14-8-7-12(16(19)20)9-15(14)18(11)10-23(21,22)13-5-3-2-4-6-13/h2-9H,10H2,1H3,(H,19,20). The van der Waals surface area contributed by atoms with Crippen molar-refractivity contribution in [1.29, 1.82) is 0 Å². The van der Waals surface area contributed by atoms with Gasteiger partial charge in [0.15, 0.2) is 9.84 Å². The fourth-order valence-electron chi connectivity index (χ4n) is 2.41. The number of sulfone groups is 1. The number of imidazole rings is 1. The maximum Gasteiger partial charge on any atom is 0.335 e. The zero-order chi connectivity index (χ0) is 16.6. The number of benzene rings is 2. The van der Waals surface area contributed by atoms with E-state index in [2.05, 4.69) is 4.98 Å². The molecular formula is C16H14N2O4S. The van der Waals surface area contributed by atoms with Crippen LogP contribution in [-0.4, -0.2) is 29.0 Å². The van der Waals surface area contributed by atoms with Gasteiger partial charge in [0.1, 0.15) is 11.7 Å². The largest absolute Gasteiger partial charge is 0.478 e. The van der Waals surface area contributed by atoms with Gasteiger partial charge < -0.3 is 9.67 Å². The van der Waals surface area contributed by atoms with E-state index in [-0.39, 0.29) is 16.3 Å². The van der Waals surface area contributed by atoms with Crippen molar-refractivity contribution in [2.45, 2.75) is 17.7 Å². The second-order valence-corrected chi connectivity index (χ2v) is 7.11. The van der Waals surface area contributed by atoms with Crippen molar-refractivity contribution in [2.24, 2.45) is 0 Å². The Kier molecular flexibility index (Phi) is 3.65. The minimum atomic E-state index is -3.55. The van der Waals surface area contributed by atoms with Gasteiger partial charge >= 0.3 is 5.97 Å². The van der Waals surface area contributed by atoms with Crippen LogP contribution < -0.4 is 0 Å². The lowest BCUT2D eigenvalue weighted by Gasteiger charge is -2.08. The van der Waals surface area contributed by atoms with Crippen LogP contribution in [0.1, 0.15) is 16.2 Å². The van der Waals surface area contributed by atoms with E-state index in [1.807, 2.05) is 0 Å². The Hall–Kier alpha value is -2.67. The highest BCUT2D eigenvalue weighted by atomic mass is 32.2. The minimum Gasteiger partial charge on any atom is -0.478 e. The molecule has 0 aliphatic carbocycles. The first-order valence-electron chi connectivity index (χ1n) is 6.86. The van der Waals surface area contributed by atoms with Crippen LogP contribution in [-0.2, 0) is 15.7 Å². The van der Waals surface area contributed by atoms with E-state index < -0.39 is 15.8 Å². The van der Waals surface area contributed by atoms with Crippen molar-refractivity contribution in [3.63, 3.8) is 0 Å². The summed E-state index contributed by atoms with van der Waals surface area (Å²) in [6.07, 6.45) is 0. The van der Waals surface area contributed by atoms with Crippen LogP contribution in [0.25, 0.3) is 11.0 Å². The minimum absolute atomic E-state index is 0.0933. The van der Waals surface area contributed by atoms with Crippen LogP contribution in [0, 0.1) is 6.92 Å². The highest BCUT2D eigenvalue weighted by Gasteiger charge is 2.19. The molecule has 0 atom stereocenters. The first kappa shape index (κ1) is 15.2. The van der Waals surface area contributed by atoms with Gasteiger partial charge in [0.05, 0.1) is 21.5 Å². The van der Waals surface area contributed by atoms with E-state index in [1.54, 1.807) is 31.2 Å². The summed E-state index contributed by atoms with van der Waals surface area (Å²) in [4.78, 5) is 15.6. The number of carboxylic acids is 1. The summed E-state index contributed by atoms with van der Waals surface area (Å²) in [5.41, 5.74) is 1.15. The number of fused-ring (bicyclic) bond motifs is 1. The molecule has 23 heavy (non-hydrogen) atoms. The summed E-state index contributed by atoms with van der Waals surface area (Å²) < 4.78 is 26.6. The first-order valence-corrected chi connectivity index (χ1v) is 8.52. The van der Waals surface area contributed by atoms with Gasteiger partial charge in [0.2, 0.25) is 0 Å². The van der Waals surface area contributed by atoms with Crippen LogP contribution in [0.3, 0.4) is 0 Å². The van der Waals surface area contributed by atoms with Gasteiger partial charge in [-0.15, -0.1) is 0 Å². The fourth-order valence-corrected chi connectivity index (χ4v) is 3.80. The average molecular weight is 330 g/mol.